The lowest BCUT2D eigenvalue weighted by atomic mass is 10.0. The van der Waals surface area contributed by atoms with Crippen molar-refractivity contribution in [1.29, 1.82) is 0 Å². The predicted octanol–water partition coefficient (Wildman–Crippen LogP) is 0.0263. The second-order valence-corrected chi connectivity index (χ2v) is 6.74. The zero-order valence-corrected chi connectivity index (χ0v) is 14.6. The summed E-state index contributed by atoms with van der Waals surface area (Å²) in [5.41, 5.74) is 5.95. The molecule has 2 saturated heterocycles. The first-order valence-corrected chi connectivity index (χ1v) is 8.59. The molecule has 2 amide bonds. The maximum absolute atomic E-state index is 12.6. The van der Waals surface area contributed by atoms with E-state index in [1.54, 1.807) is 11.9 Å². The number of rotatable bonds is 5. The van der Waals surface area contributed by atoms with E-state index in [1.165, 1.54) is 0 Å². The standard InChI is InChI=1S/C18H25N3O4/c1-20-12-18(25-11-17(20)23)6-8-21(13-18)16(22)10-14-2-4-15(5-3-14)24-9-7-19/h2-5H,6-13,19H2,1H3/t18-/m0/s1. The number of likely N-dealkylation sites (N-methyl/N-ethyl adjacent to an activating group) is 1. The number of amides is 2. The minimum atomic E-state index is -0.405. The molecule has 2 aliphatic rings. The van der Waals surface area contributed by atoms with E-state index < -0.39 is 5.60 Å². The molecular weight excluding hydrogens is 322 g/mol. The molecule has 0 unspecified atom stereocenters. The van der Waals surface area contributed by atoms with Gasteiger partial charge in [0.25, 0.3) is 0 Å². The highest BCUT2D eigenvalue weighted by atomic mass is 16.5. The number of carbonyl (C=O) groups is 2. The van der Waals surface area contributed by atoms with Gasteiger partial charge in [0, 0.05) is 20.1 Å². The van der Waals surface area contributed by atoms with Gasteiger partial charge in [-0.1, -0.05) is 12.1 Å². The highest BCUT2D eigenvalue weighted by Gasteiger charge is 2.45. The average molecular weight is 347 g/mol. The first-order chi connectivity index (χ1) is 12.0. The zero-order valence-electron chi connectivity index (χ0n) is 14.6. The Morgan fingerprint density at radius 2 is 2.08 bits per heavy atom. The van der Waals surface area contributed by atoms with E-state index in [0.29, 0.717) is 39.2 Å². The summed E-state index contributed by atoms with van der Waals surface area (Å²) >= 11 is 0. The Morgan fingerprint density at radius 1 is 1.32 bits per heavy atom. The van der Waals surface area contributed by atoms with Crippen LogP contribution in [0.2, 0.25) is 0 Å². The van der Waals surface area contributed by atoms with Crippen molar-refractivity contribution in [3.63, 3.8) is 0 Å². The Kier molecular flexibility index (Phi) is 5.24. The van der Waals surface area contributed by atoms with Crippen LogP contribution in [0.1, 0.15) is 12.0 Å². The third kappa shape index (κ3) is 4.11. The summed E-state index contributed by atoms with van der Waals surface area (Å²) in [7, 11) is 1.78. The number of morpholine rings is 1. The van der Waals surface area contributed by atoms with E-state index in [-0.39, 0.29) is 18.4 Å². The molecule has 0 radical (unpaired) electrons. The summed E-state index contributed by atoms with van der Waals surface area (Å²) in [6.45, 7) is 2.80. The molecule has 25 heavy (non-hydrogen) atoms. The topological polar surface area (TPSA) is 85.1 Å². The minimum Gasteiger partial charge on any atom is -0.492 e. The van der Waals surface area contributed by atoms with Crippen LogP contribution in [-0.4, -0.2) is 73.7 Å². The molecule has 136 valence electrons. The van der Waals surface area contributed by atoms with Crippen LogP contribution in [-0.2, 0) is 20.7 Å². The molecule has 0 saturated carbocycles. The number of hydrogen-bond donors (Lipinski definition) is 1. The Morgan fingerprint density at radius 3 is 2.76 bits per heavy atom. The summed E-state index contributed by atoms with van der Waals surface area (Å²) in [6.07, 6.45) is 1.12. The van der Waals surface area contributed by atoms with Gasteiger partial charge in [0.2, 0.25) is 11.8 Å². The van der Waals surface area contributed by atoms with Crippen LogP contribution >= 0.6 is 0 Å². The largest absolute Gasteiger partial charge is 0.492 e. The molecule has 2 aliphatic heterocycles. The van der Waals surface area contributed by atoms with E-state index in [0.717, 1.165) is 17.7 Å². The second kappa shape index (κ2) is 7.41. The Hall–Kier alpha value is -2.12. The van der Waals surface area contributed by atoms with Crippen LogP contribution in [0, 0.1) is 0 Å². The number of nitrogens with zero attached hydrogens (tertiary/aromatic N) is 2. The molecule has 7 nitrogen and oxygen atoms in total. The average Bonchev–Trinajstić information content (AvgIpc) is 3.02. The van der Waals surface area contributed by atoms with Gasteiger partial charge in [0.15, 0.2) is 0 Å². The molecule has 0 bridgehead atoms. The molecule has 3 rings (SSSR count). The number of likely N-dealkylation sites (tertiary alicyclic amines) is 1. The van der Waals surface area contributed by atoms with E-state index in [1.807, 2.05) is 29.2 Å². The summed E-state index contributed by atoms with van der Waals surface area (Å²) in [5, 5.41) is 0. The smallest absolute Gasteiger partial charge is 0.248 e. The molecule has 0 aromatic heterocycles. The third-order valence-electron chi connectivity index (χ3n) is 4.79. The van der Waals surface area contributed by atoms with Crippen LogP contribution in [0.15, 0.2) is 24.3 Å². The van der Waals surface area contributed by atoms with Crippen molar-refractivity contribution in [3.8, 4) is 5.75 Å². The lowest BCUT2D eigenvalue weighted by molar-refractivity contribution is -0.159. The Balaban J connectivity index is 1.55. The van der Waals surface area contributed by atoms with Gasteiger partial charge >= 0.3 is 0 Å². The maximum Gasteiger partial charge on any atom is 0.248 e. The van der Waals surface area contributed by atoms with Gasteiger partial charge in [-0.25, -0.2) is 0 Å². The normalized spacial score (nSPS) is 23.4. The van der Waals surface area contributed by atoms with Gasteiger partial charge in [-0.3, -0.25) is 9.59 Å². The van der Waals surface area contributed by atoms with Crippen molar-refractivity contribution in [2.24, 2.45) is 5.73 Å². The second-order valence-electron chi connectivity index (χ2n) is 6.74. The zero-order chi connectivity index (χ0) is 17.9. The van der Waals surface area contributed by atoms with Gasteiger partial charge in [0.1, 0.15) is 24.6 Å². The lowest BCUT2D eigenvalue weighted by Crippen LogP contribution is -2.54. The van der Waals surface area contributed by atoms with E-state index in [2.05, 4.69) is 0 Å². The number of benzene rings is 1. The summed E-state index contributed by atoms with van der Waals surface area (Å²) in [5.74, 6) is 0.827. The van der Waals surface area contributed by atoms with Crippen LogP contribution < -0.4 is 10.5 Å². The highest BCUT2D eigenvalue weighted by Crippen LogP contribution is 2.29. The molecule has 2 heterocycles. The molecule has 1 aromatic carbocycles. The molecule has 1 aromatic rings. The maximum atomic E-state index is 12.6. The fourth-order valence-corrected chi connectivity index (χ4v) is 3.36. The van der Waals surface area contributed by atoms with Crippen molar-refractivity contribution < 1.29 is 19.1 Å². The number of carbonyl (C=O) groups excluding carboxylic acids is 2. The predicted molar refractivity (Wildman–Crippen MR) is 92.2 cm³/mol. The van der Waals surface area contributed by atoms with Crippen LogP contribution in [0.4, 0.5) is 0 Å². The fraction of sp³-hybridized carbons (Fsp3) is 0.556. The van der Waals surface area contributed by atoms with Gasteiger partial charge < -0.3 is 25.0 Å². The fourth-order valence-electron chi connectivity index (χ4n) is 3.36. The minimum absolute atomic E-state index is 0.00709. The summed E-state index contributed by atoms with van der Waals surface area (Å²) in [4.78, 5) is 27.7. The van der Waals surface area contributed by atoms with Crippen molar-refractivity contribution in [2.45, 2.75) is 18.4 Å². The molecular formula is C18H25N3O4. The van der Waals surface area contributed by atoms with Crippen molar-refractivity contribution >= 4 is 11.8 Å². The third-order valence-corrected chi connectivity index (χ3v) is 4.79. The van der Waals surface area contributed by atoms with Gasteiger partial charge in [-0.15, -0.1) is 0 Å². The summed E-state index contributed by atoms with van der Waals surface area (Å²) in [6, 6.07) is 7.52. The monoisotopic (exact) mass is 347 g/mol. The van der Waals surface area contributed by atoms with Gasteiger partial charge in [-0.05, 0) is 24.1 Å². The van der Waals surface area contributed by atoms with Crippen molar-refractivity contribution in [1.82, 2.24) is 9.80 Å². The van der Waals surface area contributed by atoms with Crippen LogP contribution in [0.3, 0.4) is 0 Å². The Bertz CT molecular complexity index is 634. The Labute approximate surface area is 147 Å². The number of hydrogen-bond acceptors (Lipinski definition) is 5. The molecule has 1 atom stereocenters. The number of nitrogens with two attached hydrogens (primary N) is 1. The SMILES string of the molecule is CN1C[C@]2(CCN(C(=O)Cc3ccc(OCCN)cc3)C2)OCC1=O. The van der Waals surface area contributed by atoms with E-state index in [4.69, 9.17) is 15.2 Å². The van der Waals surface area contributed by atoms with Gasteiger partial charge in [-0.2, -0.15) is 0 Å². The van der Waals surface area contributed by atoms with E-state index in [9.17, 15) is 9.59 Å². The molecule has 7 heteroatoms. The quantitative estimate of drug-likeness (QED) is 0.812. The van der Waals surface area contributed by atoms with Crippen LogP contribution in [0.25, 0.3) is 0 Å². The molecule has 1 spiro atoms. The lowest BCUT2D eigenvalue weighted by Gasteiger charge is -2.38. The molecule has 2 fully saturated rings. The summed E-state index contributed by atoms with van der Waals surface area (Å²) < 4.78 is 11.2. The van der Waals surface area contributed by atoms with Crippen molar-refractivity contribution in [2.75, 3.05) is 46.4 Å². The van der Waals surface area contributed by atoms with Crippen molar-refractivity contribution in [3.05, 3.63) is 29.8 Å². The first-order valence-electron chi connectivity index (χ1n) is 8.59. The van der Waals surface area contributed by atoms with Crippen LogP contribution in [0.5, 0.6) is 5.75 Å². The van der Waals surface area contributed by atoms with Gasteiger partial charge in [0.05, 0.1) is 19.5 Å². The molecule has 0 aliphatic carbocycles. The first kappa shape index (κ1) is 17.7. The molecule has 2 N–H and O–H groups in total. The highest BCUT2D eigenvalue weighted by molar-refractivity contribution is 5.80. The van der Waals surface area contributed by atoms with E-state index >= 15 is 0 Å². The number of ether oxygens (including phenoxy) is 2.